The van der Waals surface area contributed by atoms with Gasteiger partial charge in [-0.05, 0) is 72.8 Å². The fraction of sp³-hybridized carbons (Fsp3) is 0.167. The smallest absolute Gasteiger partial charge is 0.337 e. The third-order valence-corrected chi connectivity index (χ3v) is 6.22. The predicted molar refractivity (Wildman–Crippen MR) is 207 cm³/mol. The van der Waals surface area contributed by atoms with Gasteiger partial charge in [-0.2, -0.15) is 0 Å². The molecular weight excluding hydrogens is 736 g/mol. The van der Waals surface area contributed by atoms with Crippen LogP contribution in [0.4, 0.5) is 43.7 Å². The first-order valence-electron chi connectivity index (χ1n) is 15.8. The molecule has 20 heteroatoms. The lowest BCUT2D eigenvalue weighted by Gasteiger charge is -2.08. The van der Waals surface area contributed by atoms with Crippen molar-refractivity contribution in [2.45, 2.75) is 0 Å². The lowest BCUT2D eigenvalue weighted by Crippen LogP contribution is -2.19. The molecule has 0 bridgehead atoms. The van der Waals surface area contributed by atoms with E-state index in [0.717, 1.165) is 12.8 Å². The summed E-state index contributed by atoms with van der Waals surface area (Å²) in [6.45, 7) is 0. The highest BCUT2D eigenvalue weighted by Gasteiger charge is 2.10. The van der Waals surface area contributed by atoms with Gasteiger partial charge < -0.3 is 40.5 Å². The molecule has 0 aliphatic heterocycles. The summed E-state index contributed by atoms with van der Waals surface area (Å²) in [5.74, 6) is -0.932. The van der Waals surface area contributed by atoms with E-state index in [-0.39, 0.29) is 11.4 Å². The maximum absolute atomic E-state index is 11.8. The van der Waals surface area contributed by atoms with Gasteiger partial charge in [0.1, 0.15) is 0 Å². The van der Waals surface area contributed by atoms with Gasteiger partial charge in [0.15, 0.2) is 0 Å². The summed E-state index contributed by atoms with van der Waals surface area (Å²) in [5, 5.41) is 31.3. The molecule has 6 amide bonds. The van der Waals surface area contributed by atoms with Gasteiger partial charge in [0.2, 0.25) is 12.8 Å². The number of amides is 6. The van der Waals surface area contributed by atoms with Gasteiger partial charge in [0, 0.05) is 75.2 Å². The van der Waals surface area contributed by atoms with Crippen LogP contribution < -0.4 is 21.3 Å². The molecule has 296 valence electrons. The topological polar surface area (TPSA) is 262 Å². The lowest BCUT2D eigenvalue weighted by molar-refractivity contribution is -0.385. The molecular formula is C36H40N8O12. The molecule has 4 rings (SSSR count). The summed E-state index contributed by atoms with van der Waals surface area (Å²) in [4.78, 5) is 88.0. The predicted octanol–water partition coefficient (Wildman–Crippen LogP) is 5.46. The molecule has 0 unspecified atom stereocenters. The van der Waals surface area contributed by atoms with Crippen molar-refractivity contribution < 1.29 is 48.1 Å². The van der Waals surface area contributed by atoms with Gasteiger partial charge in [-0.3, -0.25) is 29.8 Å². The lowest BCUT2D eigenvalue weighted by atomic mass is 10.2. The summed E-state index contributed by atoms with van der Waals surface area (Å²) in [6.07, 6.45) is 1.50. The van der Waals surface area contributed by atoms with Crippen molar-refractivity contribution in [3.8, 4) is 0 Å². The fourth-order valence-corrected chi connectivity index (χ4v) is 3.53. The average Bonchev–Trinajstić information content (AvgIpc) is 3.18. The van der Waals surface area contributed by atoms with E-state index in [1.807, 2.05) is 0 Å². The zero-order chi connectivity index (χ0) is 42.2. The molecule has 0 spiro atoms. The number of nitro benzene ring substituents is 2. The molecule has 4 aromatic carbocycles. The standard InChI is InChI=1S/2C15H13N3O5.2C3H7NO/c2*1-23-14(19)10-2-4-11(5-3-10)16-15(20)17-12-6-8-13(9-7-12)18(21)22;2*1-4(2)3-5/h2*2-9H,1H3,(H2,16,17,20);2*3H,1-2H3. The first kappa shape index (κ1) is 46.1. The average molecular weight is 777 g/mol. The molecule has 0 radical (unpaired) electrons. The van der Waals surface area contributed by atoms with Crippen molar-refractivity contribution in [2.24, 2.45) is 0 Å². The largest absolute Gasteiger partial charge is 0.465 e. The molecule has 0 aliphatic rings. The van der Waals surface area contributed by atoms with Gasteiger partial charge >= 0.3 is 24.0 Å². The van der Waals surface area contributed by atoms with Gasteiger partial charge in [-0.25, -0.2) is 19.2 Å². The number of nitro groups is 2. The number of benzene rings is 4. The summed E-state index contributed by atoms with van der Waals surface area (Å²) in [7, 11) is 9.32. The minimum absolute atomic E-state index is 0.0608. The Morgan fingerprint density at radius 3 is 0.893 bits per heavy atom. The molecule has 20 nitrogen and oxygen atoms in total. The minimum Gasteiger partial charge on any atom is -0.465 e. The zero-order valence-corrected chi connectivity index (χ0v) is 31.1. The van der Waals surface area contributed by atoms with Crippen LogP contribution in [0.25, 0.3) is 0 Å². The van der Waals surface area contributed by atoms with Crippen LogP contribution in [0.3, 0.4) is 0 Å². The highest BCUT2D eigenvalue weighted by atomic mass is 16.6. The van der Waals surface area contributed by atoms with Crippen LogP contribution in [0.5, 0.6) is 0 Å². The third kappa shape index (κ3) is 18.0. The molecule has 0 aromatic heterocycles. The number of hydrogen-bond donors (Lipinski definition) is 4. The Labute approximate surface area is 320 Å². The van der Waals surface area contributed by atoms with E-state index in [2.05, 4.69) is 30.7 Å². The van der Waals surface area contributed by atoms with E-state index in [0.29, 0.717) is 33.9 Å². The van der Waals surface area contributed by atoms with Gasteiger partial charge in [0.05, 0.1) is 35.2 Å². The second-order valence-electron chi connectivity index (χ2n) is 11.0. The number of rotatable bonds is 10. The molecule has 0 fully saturated rings. The Balaban J connectivity index is 0.000000451. The van der Waals surface area contributed by atoms with Crippen molar-refractivity contribution in [1.82, 2.24) is 9.80 Å². The van der Waals surface area contributed by atoms with Crippen LogP contribution >= 0.6 is 0 Å². The van der Waals surface area contributed by atoms with Crippen molar-refractivity contribution in [3.63, 3.8) is 0 Å². The zero-order valence-electron chi connectivity index (χ0n) is 31.1. The first-order valence-corrected chi connectivity index (χ1v) is 15.8. The second-order valence-corrected chi connectivity index (χ2v) is 11.0. The number of non-ortho nitro benzene ring substituents is 2. The van der Waals surface area contributed by atoms with Gasteiger partial charge in [-0.1, -0.05) is 0 Å². The highest BCUT2D eigenvalue weighted by Crippen LogP contribution is 2.18. The molecule has 4 N–H and O–H groups in total. The number of carbonyl (C=O) groups is 6. The van der Waals surface area contributed by atoms with Crippen molar-refractivity contribution in [1.29, 1.82) is 0 Å². The number of nitrogens with zero attached hydrogens (tertiary/aromatic N) is 4. The van der Waals surface area contributed by atoms with Crippen LogP contribution in [0, 0.1) is 20.2 Å². The van der Waals surface area contributed by atoms with E-state index in [1.54, 1.807) is 52.5 Å². The van der Waals surface area contributed by atoms with Crippen LogP contribution in [0.15, 0.2) is 97.1 Å². The summed E-state index contributed by atoms with van der Waals surface area (Å²) in [6, 6.07) is 22.2. The number of carbonyl (C=O) groups excluding carboxylic acids is 6. The van der Waals surface area contributed by atoms with Crippen LogP contribution in [0.2, 0.25) is 0 Å². The van der Waals surface area contributed by atoms with Crippen LogP contribution in [-0.4, -0.2) is 98.9 Å². The number of anilines is 4. The number of methoxy groups -OCH3 is 2. The van der Waals surface area contributed by atoms with E-state index in [9.17, 15) is 49.0 Å². The Morgan fingerprint density at radius 1 is 0.500 bits per heavy atom. The fourth-order valence-electron chi connectivity index (χ4n) is 3.53. The van der Waals surface area contributed by atoms with E-state index < -0.39 is 33.8 Å². The maximum atomic E-state index is 11.8. The van der Waals surface area contributed by atoms with Gasteiger partial charge in [-0.15, -0.1) is 0 Å². The summed E-state index contributed by atoms with van der Waals surface area (Å²) in [5.41, 5.74) is 2.42. The Morgan fingerprint density at radius 2 is 0.714 bits per heavy atom. The second kappa shape index (κ2) is 24.4. The first-order chi connectivity index (χ1) is 26.5. The number of hydrogen-bond acceptors (Lipinski definition) is 12. The minimum atomic E-state index is -0.521. The summed E-state index contributed by atoms with van der Waals surface area (Å²) < 4.78 is 9.15. The van der Waals surface area contributed by atoms with Crippen LogP contribution in [-0.2, 0) is 19.1 Å². The van der Waals surface area contributed by atoms with E-state index in [1.165, 1.54) is 96.8 Å². The van der Waals surface area contributed by atoms with E-state index >= 15 is 0 Å². The van der Waals surface area contributed by atoms with Crippen molar-refractivity contribution in [3.05, 3.63) is 128 Å². The molecule has 56 heavy (non-hydrogen) atoms. The molecule has 0 aliphatic carbocycles. The number of ether oxygens (including phenoxy) is 2. The summed E-state index contributed by atoms with van der Waals surface area (Å²) >= 11 is 0. The Kier molecular flexibility index (Phi) is 20.1. The highest BCUT2D eigenvalue weighted by molar-refractivity contribution is 6.01. The maximum Gasteiger partial charge on any atom is 0.337 e. The molecule has 4 aromatic rings. The van der Waals surface area contributed by atoms with Crippen LogP contribution in [0.1, 0.15) is 20.7 Å². The van der Waals surface area contributed by atoms with Crippen molar-refractivity contribution in [2.75, 3.05) is 63.7 Å². The van der Waals surface area contributed by atoms with Crippen molar-refractivity contribution >= 4 is 70.9 Å². The number of nitrogens with one attached hydrogen (secondary N) is 4. The molecule has 0 atom stereocenters. The normalized spacial score (nSPS) is 9.25. The number of esters is 2. The monoisotopic (exact) mass is 776 g/mol. The number of urea groups is 2. The molecule has 0 heterocycles. The quantitative estimate of drug-likeness (QED) is 0.0677. The van der Waals surface area contributed by atoms with Gasteiger partial charge in [0.25, 0.3) is 11.4 Å². The molecule has 0 saturated carbocycles. The van der Waals surface area contributed by atoms with E-state index in [4.69, 9.17) is 0 Å². The Bertz CT molecular complexity index is 1780. The molecule has 0 saturated heterocycles. The third-order valence-electron chi connectivity index (χ3n) is 6.22. The Hall–Kier alpha value is -7.90. The SMILES string of the molecule is CN(C)C=O.CN(C)C=O.COC(=O)c1ccc(NC(=O)Nc2ccc([N+](=O)[O-])cc2)cc1.COC(=O)c1ccc(NC(=O)Nc2ccc([N+](=O)[O-])cc2)cc1.